The maximum absolute atomic E-state index is 14.7. The number of nitrogens with one attached hydrogen (secondary N) is 1. The van der Waals surface area contributed by atoms with Gasteiger partial charge in [-0.15, -0.1) is 10.2 Å². The van der Waals surface area contributed by atoms with E-state index in [2.05, 4.69) is 20.6 Å². The van der Waals surface area contributed by atoms with E-state index < -0.39 is 11.6 Å². The van der Waals surface area contributed by atoms with Gasteiger partial charge in [-0.05, 0) is 41.0 Å². The smallest absolute Gasteiger partial charge is 0.209 e. The third-order valence-electron chi connectivity index (χ3n) is 4.40. The van der Waals surface area contributed by atoms with Gasteiger partial charge in [-0.2, -0.15) is 5.21 Å². The fourth-order valence-corrected chi connectivity index (χ4v) is 3.47. The molecule has 0 atom stereocenters. The Morgan fingerprint density at radius 3 is 2.85 bits per heavy atom. The molecule has 0 spiro atoms. The fraction of sp³-hybridized carbons (Fsp3) is 0.235. The summed E-state index contributed by atoms with van der Waals surface area (Å²) in [6.45, 7) is 1.05. The lowest BCUT2D eigenvalue weighted by Crippen LogP contribution is -2.21. The summed E-state index contributed by atoms with van der Waals surface area (Å²) >= 11 is 6.03. The molecule has 2 heterocycles. The number of anilines is 1. The van der Waals surface area contributed by atoms with E-state index in [0.29, 0.717) is 25.2 Å². The van der Waals surface area contributed by atoms with E-state index in [4.69, 9.17) is 16.3 Å². The lowest BCUT2D eigenvalue weighted by Gasteiger charge is -2.22. The van der Waals surface area contributed by atoms with Crippen molar-refractivity contribution in [1.82, 2.24) is 20.6 Å². The van der Waals surface area contributed by atoms with E-state index in [1.54, 1.807) is 18.2 Å². The van der Waals surface area contributed by atoms with Gasteiger partial charge in [-0.1, -0.05) is 17.7 Å². The van der Waals surface area contributed by atoms with Crippen LogP contribution in [-0.2, 0) is 13.0 Å². The first-order valence-electron chi connectivity index (χ1n) is 7.90. The van der Waals surface area contributed by atoms with E-state index in [9.17, 15) is 8.78 Å². The van der Waals surface area contributed by atoms with Crippen LogP contribution in [-0.4, -0.2) is 34.3 Å². The van der Waals surface area contributed by atoms with Crippen LogP contribution in [0.1, 0.15) is 11.1 Å². The highest BCUT2D eigenvalue weighted by molar-refractivity contribution is 6.31. The molecule has 0 aliphatic carbocycles. The number of methoxy groups -OCH3 is 1. The molecule has 1 aliphatic heterocycles. The molecule has 1 N–H and O–H groups in total. The second kappa shape index (κ2) is 6.53. The zero-order valence-corrected chi connectivity index (χ0v) is 14.5. The number of fused-ring (bicyclic) bond motifs is 1. The predicted molar refractivity (Wildman–Crippen MR) is 92.3 cm³/mol. The molecule has 1 aliphatic rings. The number of tetrazole rings is 1. The molecule has 134 valence electrons. The number of nitrogens with zero attached hydrogens (tertiary/aromatic N) is 4. The van der Waals surface area contributed by atoms with Gasteiger partial charge < -0.3 is 9.64 Å². The van der Waals surface area contributed by atoms with Gasteiger partial charge in [0.15, 0.2) is 17.4 Å². The van der Waals surface area contributed by atoms with Gasteiger partial charge >= 0.3 is 0 Å². The topological polar surface area (TPSA) is 66.9 Å². The molecule has 1 aromatic heterocycles. The molecule has 6 nitrogen and oxygen atoms in total. The largest absolute Gasteiger partial charge is 0.494 e. The minimum Gasteiger partial charge on any atom is -0.494 e. The Balaban J connectivity index is 1.75. The van der Waals surface area contributed by atoms with Crippen LogP contribution in [0.3, 0.4) is 0 Å². The quantitative estimate of drug-likeness (QED) is 0.755. The van der Waals surface area contributed by atoms with E-state index in [0.717, 1.165) is 11.1 Å². The van der Waals surface area contributed by atoms with Crippen LogP contribution in [0.4, 0.5) is 14.5 Å². The first-order chi connectivity index (χ1) is 12.6. The standard InChI is InChI=1S/C17H14ClF2N5O/c1-26-13-3-2-9(6-12(13)19)8-25-5-4-10-7-11(18)15(20)14(16(10)25)17-21-23-24-22-17/h2-3,6-7H,4-5,8H2,1H3,(H,21,22,23,24). The lowest BCUT2D eigenvalue weighted by atomic mass is 10.1. The third kappa shape index (κ3) is 2.76. The molecule has 2 aromatic carbocycles. The summed E-state index contributed by atoms with van der Waals surface area (Å²) in [6, 6.07) is 6.38. The molecule has 0 fully saturated rings. The summed E-state index contributed by atoms with van der Waals surface area (Å²) in [6.07, 6.45) is 0.693. The highest BCUT2D eigenvalue weighted by Crippen LogP contribution is 2.42. The van der Waals surface area contributed by atoms with Crippen molar-refractivity contribution in [2.45, 2.75) is 13.0 Å². The molecule has 0 amide bonds. The number of hydrogen-bond donors (Lipinski definition) is 1. The van der Waals surface area contributed by atoms with E-state index in [1.807, 2.05) is 4.90 Å². The summed E-state index contributed by atoms with van der Waals surface area (Å²) in [5, 5.41) is 13.6. The van der Waals surface area contributed by atoms with Gasteiger partial charge in [0.05, 0.1) is 23.4 Å². The van der Waals surface area contributed by atoms with Crippen LogP contribution in [0.15, 0.2) is 24.3 Å². The van der Waals surface area contributed by atoms with Crippen LogP contribution in [0, 0.1) is 11.6 Å². The Morgan fingerprint density at radius 1 is 1.31 bits per heavy atom. The SMILES string of the molecule is COc1ccc(CN2CCc3cc(Cl)c(F)c(-c4nn[nH]n4)c32)cc1F. The van der Waals surface area contributed by atoms with Crippen molar-refractivity contribution in [2.24, 2.45) is 0 Å². The van der Waals surface area contributed by atoms with Gasteiger partial charge in [0.1, 0.15) is 0 Å². The Kier molecular flexibility index (Phi) is 4.20. The number of ether oxygens (including phenoxy) is 1. The third-order valence-corrected chi connectivity index (χ3v) is 4.67. The van der Waals surface area contributed by atoms with Crippen molar-refractivity contribution in [1.29, 1.82) is 0 Å². The number of aromatic nitrogens is 4. The summed E-state index contributed by atoms with van der Waals surface area (Å²) in [5.41, 5.74) is 2.49. The zero-order chi connectivity index (χ0) is 18.3. The van der Waals surface area contributed by atoms with E-state index in [1.165, 1.54) is 13.2 Å². The van der Waals surface area contributed by atoms with Crippen LogP contribution in [0.25, 0.3) is 11.4 Å². The normalized spacial score (nSPS) is 13.2. The molecule has 0 saturated carbocycles. The first kappa shape index (κ1) is 16.7. The Hall–Kier alpha value is -2.74. The van der Waals surface area contributed by atoms with Crippen LogP contribution in [0.5, 0.6) is 5.75 Å². The Bertz CT molecular complexity index is 964. The molecule has 0 bridgehead atoms. The summed E-state index contributed by atoms with van der Waals surface area (Å²) in [5.74, 6) is -0.723. The lowest BCUT2D eigenvalue weighted by molar-refractivity contribution is 0.386. The van der Waals surface area contributed by atoms with Gasteiger partial charge in [-0.25, -0.2) is 8.78 Å². The molecular formula is C17H14ClF2N5O. The minimum atomic E-state index is -0.598. The molecule has 26 heavy (non-hydrogen) atoms. The van der Waals surface area contributed by atoms with Crippen LogP contribution in [0.2, 0.25) is 5.02 Å². The van der Waals surface area contributed by atoms with Gasteiger partial charge in [0, 0.05) is 13.1 Å². The summed E-state index contributed by atoms with van der Waals surface area (Å²) in [7, 11) is 1.42. The summed E-state index contributed by atoms with van der Waals surface area (Å²) in [4.78, 5) is 1.96. The van der Waals surface area contributed by atoms with Crippen molar-refractivity contribution < 1.29 is 13.5 Å². The van der Waals surface area contributed by atoms with Crippen molar-refractivity contribution >= 4 is 17.3 Å². The van der Waals surface area contributed by atoms with Crippen molar-refractivity contribution in [3.63, 3.8) is 0 Å². The maximum atomic E-state index is 14.7. The molecule has 3 aromatic rings. The van der Waals surface area contributed by atoms with Crippen LogP contribution < -0.4 is 9.64 Å². The highest BCUT2D eigenvalue weighted by Gasteiger charge is 2.29. The number of benzene rings is 2. The molecule has 0 unspecified atom stereocenters. The number of rotatable bonds is 4. The molecular weight excluding hydrogens is 364 g/mol. The zero-order valence-electron chi connectivity index (χ0n) is 13.8. The first-order valence-corrected chi connectivity index (χ1v) is 8.28. The molecule has 9 heteroatoms. The van der Waals surface area contributed by atoms with Crippen LogP contribution >= 0.6 is 11.6 Å². The second-order valence-corrected chi connectivity index (χ2v) is 6.34. The van der Waals surface area contributed by atoms with Crippen molar-refractivity contribution in [3.8, 4) is 17.1 Å². The van der Waals surface area contributed by atoms with Crippen molar-refractivity contribution in [3.05, 3.63) is 52.0 Å². The van der Waals surface area contributed by atoms with E-state index >= 15 is 0 Å². The molecule has 4 rings (SSSR count). The molecule has 0 radical (unpaired) electrons. The Morgan fingerprint density at radius 2 is 2.15 bits per heavy atom. The van der Waals surface area contributed by atoms with Crippen molar-refractivity contribution in [2.75, 3.05) is 18.6 Å². The fourth-order valence-electron chi connectivity index (χ4n) is 3.25. The monoisotopic (exact) mass is 377 g/mol. The number of halogens is 3. The Labute approximate surface area is 152 Å². The molecule has 0 saturated heterocycles. The highest BCUT2D eigenvalue weighted by atomic mass is 35.5. The van der Waals surface area contributed by atoms with Gasteiger partial charge in [0.25, 0.3) is 0 Å². The maximum Gasteiger partial charge on any atom is 0.209 e. The van der Waals surface area contributed by atoms with Gasteiger partial charge in [0.2, 0.25) is 5.82 Å². The average molecular weight is 378 g/mol. The average Bonchev–Trinajstić information content (AvgIpc) is 3.27. The predicted octanol–water partition coefficient (Wildman–Crippen LogP) is 3.37. The number of hydrogen-bond acceptors (Lipinski definition) is 5. The van der Waals surface area contributed by atoms with Gasteiger partial charge in [-0.3, -0.25) is 0 Å². The summed E-state index contributed by atoms with van der Waals surface area (Å²) < 4.78 is 33.7. The second-order valence-electron chi connectivity index (χ2n) is 5.93. The minimum absolute atomic E-state index is 0.0147. The van der Waals surface area contributed by atoms with E-state index in [-0.39, 0.29) is 22.2 Å². The number of H-pyrrole nitrogens is 1. The number of aromatic amines is 1.